The average Bonchev–Trinajstić information content (AvgIpc) is 3.32. The monoisotopic (exact) mass is 538 g/mol. The van der Waals surface area contributed by atoms with Gasteiger partial charge >= 0.3 is 5.97 Å². The van der Waals surface area contributed by atoms with Crippen molar-refractivity contribution in [3.05, 3.63) is 105 Å². The van der Waals surface area contributed by atoms with Crippen molar-refractivity contribution in [3.63, 3.8) is 0 Å². The summed E-state index contributed by atoms with van der Waals surface area (Å²) in [7, 11) is 0. The van der Waals surface area contributed by atoms with E-state index in [1.807, 2.05) is 48.7 Å². The lowest BCUT2D eigenvalue weighted by Gasteiger charge is -2.14. The van der Waals surface area contributed by atoms with Gasteiger partial charge in [0.2, 0.25) is 0 Å². The fourth-order valence-electron chi connectivity index (χ4n) is 3.97. The lowest BCUT2D eigenvalue weighted by Crippen LogP contribution is -2.27. The van der Waals surface area contributed by atoms with E-state index in [1.54, 1.807) is 18.2 Å². The molecule has 1 aliphatic rings. The van der Waals surface area contributed by atoms with Crippen molar-refractivity contribution in [2.45, 2.75) is 6.54 Å². The Kier molecular flexibility index (Phi) is 6.42. The number of rotatable bonds is 5. The number of aromatic nitrogens is 1. The summed E-state index contributed by atoms with van der Waals surface area (Å²) in [5.74, 6) is -1.36. The summed E-state index contributed by atoms with van der Waals surface area (Å²) in [6.07, 6.45) is 3.82. The summed E-state index contributed by atoms with van der Waals surface area (Å²) in [5, 5.41) is 11.3. The summed E-state index contributed by atoms with van der Waals surface area (Å²) in [5.41, 5.74) is 3.40. The molecule has 1 fully saturated rings. The fourth-order valence-corrected chi connectivity index (χ4v) is 5.58. The number of anilines is 1. The molecule has 0 saturated carbocycles. The van der Waals surface area contributed by atoms with Gasteiger partial charge in [-0.25, -0.2) is 4.79 Å². The quantitative estimate of drug-likeness (QED) is 0.217. The van der Waals surface area contributed by atoms with Gasteiger partial charge in [0, 0.05) is 29.2 Å². The minimum Gasteiger partial charge on any atom is -0.478 e. The maximum Gasteiger partial charge on any atom is 0.335 e. The zero-order valence-corrected chi connectivity index (χ0v) is 21.1. The van der Waals surface area contributed by atoms with Gasteiger partial charge < -0.3 is 9.67 Å². The van der Waals surface area contributed by atoms with E-state index < -0.39 is 5.97 Å². The predicted molar refractivity (Wildman–Crippen MR) is 147 cm³/mol. The van der Waals surface area contributed by atoms with Gasteiger partial charge in [-0.05, 0) is 48.0 Å². The minimum absolute atomic E-state index is 0.0888. The molecule has 3 aromatic carbocycles. The second-order valence-corrected chi connectivity index (χ2v) is 10.3. The highest BCUT2D eigenvalue weighted by Gasteiger charge is 2.33. The number of hydrogen-bond donors (Lipinski definition) is 1. The Bertz CT molecular complexity index is 1560. The third-order valence-corrected chi connectivity index (χ3v) is 7.63. The number of amides is 1. The Morgan fingerprint density at radius 2 is 1.83 bits per heavy atom. The highest BCUT2D eigenvalue weighted by Crippen LogP contribution is 2.37. The van der Waals surface area contributed by atoms with Crippen LogP contribution in [0.15, 0.2) is 77.8 Å². The molecule has 0 bridgehead atoms. The van der Waals surface area contributed by atoms with Crippen molar-refractivity contribution >= 4 is 86.0 Å². The van der Waals surface area contributed by atoms with Crippen molar-refractivity contribution < 1.29 is 14.7 Å². The van der Waals surface area contributed by atoms with Crippen LogP contribution in [0.4, 0.5) is 5.69 Å². The van der Waals surface area contributed by atoms with Crippen LogP contribution in [-0.2, 0) is 11.3 Å². The highest BCUT2D eigenvalue weighted by atomic mass is 35.5. The molecule has 1 N–H and O–H groups in total. The van der Waals surface area contributed by atoms with E-state index in [-0.39, 0.29) is 11.5 Å². The molecule has 1 aliphatic heterocycles. The second kappa shape index (κ2) is 9.51. The molecule has 1 saturated heterocycles. The van der Waals surface area contributed by atoms with Gasteiger partial charge in [0.25, 0.3) is 5.91 Å². The van der Waals surface area contributed by atoms with E-state index in [0.29, 0.717) is 31.5 Å². The minimum atomic E-state index is -1.07. The zero-order valence-electron chi connectivity index (χ0n) is 17.9. The first kappa shape index (κ1) is 23.6. The Morgan fingerprint density at radius 1 is 1.03 bits per heavy atom. The Balaban J connectivity index is 1.51. The maximum atomic E-state index is 13.3. The molecule has 35 heavy (non-hydrogen) atoms. The molecule has 0 aliphatic carbocycles. The lowest BCUT2D eigenvalue weighted by atomic mass is 10.1. The third-order valence-electron chi connectivity index (χ3n) is 5.59. The van der Waals surface area contributed by atoms with Crippen LogP contribution in [0.3, 0.4) is 0 Å². The molecular formula is C26H16Cl2N2O3S2. The summed E-state index contributed by atoms with van der Waals surface area (Å²) in [6.45, 7) is 0.578. The molecule has 0 radical (unpaired) electrons. The van der Waals surface area contributed by atoms with Gasteiger partial charge in [-0.2, -0.15) is 0 Å². The summed E-state index contributed by atoms with van der Waals surface area (Å²) >= 11 is 18.9. The number of benzene rings is 3. The number of hydrogen-bond acceptors (Lipinski definition) is 4. The molecule has 4 aromatic rings. The van der Waals surface area contributed by atoms with Crippen molar-refractivity contribution in [3.8, 4) is 0 Å². The standard InChI is InChI=1S/C26H16Cl2N2O3S2/c27-20-9-8-15(10-21(20)28)13-29-14-17(19-6-1-2-7-22(19)29)12-23-24(31)30(26(34)35-23)18-5-3-4-16(11-18)25(32)33/h1-12,14H,13H2,(H,32,33)/b23-12+. The maximum absolute atomic E-state index is 13.3. The van der Waals surface area contributed by atoms with Crippen LogP contribution in [0.25, 0.3) is 17.0 Å². The Labute approximate surface area is 220 Å². The van der Waals surface area contributed by atoms with E-state index >= 15 is 0 Å². The number of thiocarbonyl (C=S) groups is 1. The van der Waals surface area contributed by atoms with Crippen LogP contribution in [0.2, 0.25) is 10.0 Å². The van der Waals surface area contributed by atoms with Crippen LogP contribution in [-0.4, -0.2) is 25.9 Å². The van der Waals surface area contributed by atoms with Crippen molar-refractivity contribution in [1.29, 1.82) is 0 Å². The predicted octanol–water partition coefficient (Wildman–Crippen LogP) is 7.10. The van der Waals surface area contributed by atoms with Gasteiger partial charge in [0.1, 0.15) is 0 Å². The second-order valence-electron chi connectivity index (χ2n) is 7.85. The largest absolute Gasteiger partial charge is 0.478 e. The smallest absolute Gasteiger partial charge is 0.335 e. The van der Waals surface area contributed by atoms with Crippen molar-refractivity contribution in [2.75, 3.05) is 4.90 Å². The van der Waals surface area contributed by atoms with Gasteiger partial charge in [-0.15, -0.1) is 0 Å². The number of fused-ring (bicyclic) bond motifs is 1. The number of carbonyl (C=O) groups is 2. The van der Waals surface area contributed by atoms with Crippen LogP contribution in [0, 0.1) is 0 Å². The normalized spacial score (nSPS) is 14.9. The molecule has 9 heteroatoms. The Hall–Kier alpha value is -3.10. The number of aromatic carboxylic acids is 1. The zero-order chi connectivity index (χ0) is 24.7. The molecule has 1 aromatic heterocycles. The first-order valence-corrected chi connectivity index (χ1v) is 12.4. The van der Waals surface area contributed by atoms with Crippen molar-refractivity contribution in [1.82, 2.24) is 4.57 Å². The van der Waals surface area contributed by atoms with Crippen LogP contribution < -0.4 is 4.90 Å². The number of thioether (sulfide) groups is 1. The van der Waals surface area contributed by atoms with E-state index in [1.165, 1.54) is 28.8 Å². The molecule has 0 atom stereocenters. The van der Waals surface area contributed by atoms with Gasteiger partial charge in [-0.1, -0.05) is 77.5 Å². The van der Waals surface area contributed by atoms with E-state index in [0.717, 1.165) is 22.0 Å². The SMILES string of the molecule is O=C(O)c1cccc(N2C(=O)/C(=C\c3cn(Cc4ccc(Cl)c(Cl)c4)c4ccccc34)SC2=S)c1. The molecule has 5 rings (SSSR count). The number of halogens is 2. The summed E-state index contributed by atoms with van der Waals surface area (Å²) < 4.78 is 2.45. The Morgan fingerprint density at radius 3 is 2.60 bits per heavy atom. The van der Waals surface area contributed by atoms with E-state index in [4.69, 9.17) is 35.4 Å². The van der Waals surface area contributed by atoms with Gasteiger partial charge in [-0.3, -0.25) is 9.69 Å². The first-order chi connectivity index (χ1) is 16.8. The molecule has 5 nitrogen and oxygen atoms in total. The number of para-hydroxylation sites is 1. The van der Waals surface area contributed by atoms with E-state index in [9.17, 15) is 14.7 Å². The fraction of sp³-hybridized carbons (Fsp3) is 0.0385. The molecular weight excluding hydrogens is 523 g/mol. The molecule has 174 valence electrons. The van der Waals surface area contributed by atoms with Crippen molar-refractivity contribution in [2.24, 2.45) is 0 Å². The lowest BCUT2D eigenvalue weighted by molar-refractivity contribution is -0.113. The topological polar surface area (TPSA) is 62.5 Å². The first-order valence-electron chi connectivity index (χ1n) is 10.4. The summed E-state index contributed by atoms with van der Waals surface area (Å²) in [6, 6.07) is 19.7. The molecule has 0 unspecified atom stereocenters. The van der Waals surface area contributed by atoms with E-state index in [2.05, 4.69) is 4.57 Å². The highest BCUT2D eigenvalue weighted by molar-refractivity contribution is 8.27. The average molecular weight is 539 g/mol. The number of carboxylic acid groups (broad SMARTS) is 1. The molecule has 1 amide bonds. The molecule has 0 spiro atoms. The van der Waals surface area contributed by atoms with Crippen LogP contribution in [0.1, 0.15) is 21.5 Å². The van der Waals surface area contributed by atoms with Gasteiger partial charge in [0.05, 0.1) is 26.2 Å². The van der Waals surface area contributed by atoms with Crippen LogP contribution in [0.5, 0.6) is 0 Å². The number of carbonyl (C=O) groups excluding carboxylic acids is 1. The number of nitrogens with zero attached hydrogens (tertiary/aromatic N) is 2. The van der Waals surface area contributed by atoms with Gasteiger partial charge in [0.15, 0.2) is 4.32 Å². The molecule has 2 heterocycles. The van der Waals surface area contributed by atoms with Crippen LogP contribution >= 0.6 is 47.2 Å². The third kappa shape index (κ3) is 4.60. The number of carboxylic acids is 1. The summed E-state index contributed by atoms with van der Waals surface area (Å²) in [4.78, 5) is 26.5.